The highest BCUT2D eigenvalue weighted by Crippen LogP contribution is 2.29. The highest BCUT2D eigenvalue weighted by Gasteiger charge is 2.26. The molecule has 5 rings (SSSR count). The van der Waals surface area contributed by atoms with Gasteiger partial charge >= 0.3 is 0 Å². The molecule has 0 unspecified atom stereocenters. The molecule has 1 saturated heterocycles. The molecule has 1 N–H and O–H groups in total. The van der Waals surface area contributed by atoms with E-state index in [0.29, 0.717) is 19.6 Å². The number of sulfonamides is 1. The number of anilines is 1. The number of hydrogen-bond donors (Lipinski definition) is 1. The van der Waals surface area contributed by atoms with Crippen LogP contribution in [-0.4, -0.2) is 62.3 Å². The molecule has 3 aromatic heterocycles. The lowest BCUT2D eigenvalue weighted by atomic mass is 9.96. The smallest absolute Gasteiger partial charge is 0.215 e. The third-order valence-corrected chi connectivity index (χ3v) is 7.91. The highest BCUT2D eigenvalue weighted by molar-refractivity contribution is 7.89. The summed E-state index contributed by atoms with van der Waals surface area (Å²) in [5.41, 5.74) is 3.76. The summed E-state index contributed by atoms with van der Waals surface area (Å²) in [6.45, 7) is 1.63. The van der Waals surface area contributed by atoms with Crippen LogP contribution in [0.5, 0.6) is 0 Å². The molecular formula is C20H27N7O2S. The third kappa shape index (κ3) is 3.47. The van der Waals surface area contributed by atoms with Gasteiger partial charge in [-0.05, 0) is 38.5 Å². The van der Waals surface area contributed by atoms with E-state index in [1.165, 1.54) is 0 Å². The van der Waals surface area contributed by atoms with E-state index < -0.39 is 10.0 Å². The number of nitrogens with one attached hydrogen (secondary N) is 1. The van der Waals surface area contributed by atoms with E-state index in [1.807, 2.05) is 28.4 Å². The predicted molar refractivity (Wildman–Crippen MR) is 115 cm³/mol. The predicted octanol–water partition coefficient (Wildman–Crippen LogP) is 1.85. The molecule has 160 valence electrons. The first-order valence-electron chi connectivity index (χ1n) is 10.6. The fourth-order valence-corrected chi connectivity index (χ4v) is 5.88. The fraction of sp³-hybridized carbons (Fsp3) is 0.550. The molecule has 0 aromatic carbocycles. The number of nitrogens with zero attached hydrogens (tertiary/aromatic N) is 6. The minimum Gasteiger partial charge on any atom is -0.369 e. The van der Waals surface area contributed by atoms with E-state index in [4.69, 9.17) is 10.1 Å². The van der Waals surface area contributed by atoms with E-state index in [2.05, 4.69) is 10.3 Å². The Morgan fingerprint density at radius 3 is 2.70 bits per heavy atom. The van der Waals surface area contributed by atoms with Crippen molar-refractivity contribution in [1.29, 1.82) is 0 Å². The number of aromatic nitrogens is 5. The van der Waals surface area contributed by atoms with Gasteiger partial charge in [-0.25, -0.2) is 22.7 Å². The van der Waals surface area contributed by atoms with Crippen LogP contribution in [0.1, 0.15) is 36.9 Å². The maximum absolute atomic E-state index is 12.6. The first kappa shape index (κ1) is 19.5. The normalized spacial score (nSPS) is 17.5. The zero-order valence-electron chi connectivity index (χ0n) is 17.2. The summed E-state index contributed by atoms with van der Waals surface area (Å²) in [5, 5.41) is 8.16. The van der Waals surface area contributed by atoms with Crippen LogP contribution in [0.25, 0.3) is 17.2 Å². The Bertz CT molecular complexity index is 1180. The molecule has 10 heteroatoms. The average Bonchev–Trinajstić information content (AvgIpc) is 3.47. The number of fused-ring (bicyclic) bond motifs is 2. The molecule has 1 aliphatic carbocycles. The summed E-state index contributed by atoms with van der Waals surface area (Å²) in [7, 11) is -1.29. The summed E-state index contributed by atoms with van der Waals surface area (Å²) < 4.78 is 30.6. The molecule has 1 fully saturated rings. The molecule has 0 saturated carbocycles. The van der Waals surface area contributed by atoms with Crippen molar-refractivity contribution in [1.82, 2.24) is 28.5 Å². The molecule has 30 heavy (non-hydrogen) atoms. The Morgan fingerprint density at radius 2 is 1.93 bits per heavy atom. The SMILES string of the molecule is Cn1ccnc1-c1cc2nc3c(c(NCCS(=O)(=O)N4CCCC4)n2n1)CCCC3. The lowest BCUT2D eigenvalue weighted by Crippen LogP contribution is -2.33. The van der Waals surface area contributed by atoms with Crippen LogP contribution in [0.2, 0.25) is 0 Å². The van der Waals surface area contributed by atoms with Crippen LogP contribution in [-0.2, 0) is 29.9 Å². The monoisotopic (exact) mass is 429 g/mol. The van der Waals surface area contributed by atoms with Gasteiger partial charge in [0.05, 0.1) is 5.75 Å². The maximum atomic E-state index is 12.6. The van der Waals surface area contributed by atoms with E-state index in [9.17, 15) is 8.42 Å². The Balaban J connectivity index is 1.47. The van der Waals surface area contributed by atoms with Gasteiger partial charge in [0.25, 0.3) is 0 Å². The van der Waals surface area contributed by atoms with Crippen molar-refractivity contribution in [2.24, 2.45) is 7.05 Å². The summed E-state index contributed by atoms with van der Waals surface area (Å²) in [6.07, 6.45) is 9.64. The van der Waals surface area contributed by atoms with Crippen molar-refractivity contribution in [3.8, 4) is 11.5 Å². The molecule has 4 heterocycles. The number of rotatable bonds is 6. The topological polar surface area (TPSA) is 97.4 Å². The highest BCUT2D eigenvalue weighted by atomic mass is 32.2. The molecule has 0 atom stereocenters. The maximum Gasteiger partial charge on any atom is 0.215 e. The Hall–Kier alpha value is -2.46. The summed E-state index contributed by atoms with van der Waals surface area (Å²) in [5.74, 6) is 1.73. The average molecular weight is 430 g/mol. The van der Waals surface area contributed by atoms with Crippen molar-refractivity contribution in [2.75, 3.05) is 30.7 Å². The molecule has 0 bridgehead atoms. The lowest BCUT2D eigenvalue weighted by molar-refractivity contribution is 0.478. The largest absolute Gasteiger partial charge is 0.369 e. The van der Waals surface area contributed by atoms with E-state index >= 15 is 0 Å². The summed E-state index contributed by atoms with van der Waals surface area (Å²) >= 11 is 0. The summed E-state index contributed by atoms with van der Waals surface area (Å²) in [6, 6.07) is 1.95. The van der Waals surface area contributed by atoms with Crippen LogP contribution in [0, 0.1) is 0 Å². The third-order valence-electron chi connectivity index (χ3n) is 6.04. The molecule has 2 aliphatic rings. The van der Waals surface area contributed by atoms with E-state index in [1.54, 1.807) is 10.5 Å². The number of aryl methyl sites for hydroxylation is 2. The zero-order chi connectivity index (χ0) is 20.7. The Labute approximate surface area is 176 Å². The minimum absolute atomic E-state index is 0.0824. The molecule has 9 nitrogen and oxygen atoms in total. The zero-order valence-corrected chi connectivity index (χ0v) is 18.0. The van der Waals surface area contributed by atoms with Crippen molar-refractivity contribution >= 4 is 21.5 Å². The first-order chi connectivity index (χ1) is 14.5. The molecule has 0 radical (unpaired) electrons. The van der Waals surface area contributed by atoms with Gasteiger partial charge < -0.3 is 9.88 Å². The van der Waals surface area contributed by atoms with Gasteiger partial charge in [-0.3, -0.25) is 0 Å². The molecule has 0 amide bonds. The van der Waals surface area contributed by atoms with E-state index in [-0.39, 0.29) is 5.75 Å². The van der Waals surface area contributed by atoms with Crippen LogP contribution >= 0.6 is 0 Å². The second kappa shape index (κ2) is 7.66. The Morgan fingerprint density at radius 1 is 1.13 bits per heavy atom. The van der Waals surface area contributed by atoms with Crippen molar-refractivity contribution in [3.05, 3.63) is 29.7 Å². The van der Waals surface area contributed by atoms with Crippen LogP contribution in [0.15, 0.2) is 18.5 Å². The van der Waals surface area contributed by atoms with Crippen molar-refractivity contribution in [2.45, 2.75) is 38.5 Å². The standard InChI is InChI=1S/C20H27N7O2S/c1-25-12-8-21-20(25)17-14-18-23-16-7-3-2-6-15(16)19(27(18)24-17)22-9-13-30(28,29)26-10-4-5-11-26/h8,12,14,22H,2-7,9-11,13H2,1H3. The first-order valence-corrected chi connectivity index (χ1v) is 12.2. The van der Waals surface area contributed by atoms with Crippen LogP contribution in [0.3, 0.4) is 0 Å². The quantitative estimate of drug-likeness (QED) is 0.642. The fourth-order valence-electron chi connectivity index (χ4n) is 4.45. The molecule has 1 aliphatic heterocycles. The number of hydrogen-bond acceptors (Lipinski definition) is 6. The number of imidazole rings is 1. The Kier molecular flexibility index (Phi) is 4.98. The van der Waals surface area contributed by atoms with Crippen LogP contribution in [0.4, 0.5) is 5.82 Å². The lowest BCUT2D eigenvalue weighted by Gasteiger charge is -2.21. The van der Waals surface area contributed by atoms with Gasteiger partial charge in [0, 0.05) is 56.4 Å². The van der Waals surface area contributed by atoms with Gasteiger partial charge in [-0.1, -0.05) is 0 Å². The molecular weight excluding hydrogens is 402 g/mol. The van der Waals surface area contributed by atoms with Crippen LogP contribution < -0.4 is 5.32 Å². The molecule has 3 aromatic rings. The van der Waals surface area contributed by atoms with Crippen molar-refractivity contribution in [3.63, 3.8) is 0 Å². The van der Waals surface area contributed by atoms with Gasteiger partial charge in [0.2, 0.25) is 10.0 Å². The van der Waals surface area contributed by atoms with Gasteiger partial charge in [0.1, 0.15) is 11.5 Å². The van der Waals surface area contributed by atoms with Crippen molar-refractivity contribution < 1.29 is 8.42 Å². The van der Waals surface area contributed by atoms with Gasteiger partial charge in [-0.2, -0.15) is 9.61 Å². The van der Waals surface area contributed by atoms with E-state index in [0.717, 1.165) is 72.8 Å². The van der Waals surface area contributed by atoms with Gasteiger partial charge in [-0.15, -0.1) is 0 Å². The van der Waals surface area contributed by atoms with Gasteiger partial charge in [0.15, 0.2) is 11.5 Å². The summed E-state index contributed by atoms with van der Waals surface area (Å²) in [4.78, 5) is 9.25. The molecule has 0 spiro atoms. The second-order valence-electron chi connectivity index (χ2n) is 8.10. The minimum atomic E-state index is -3.23. The second-order valence-corrected chi connectivity index (χ2v) is 10.2.